The second kappa shape index (κ2) is 6.52. The van der Waals surface area contributed by atoms with Crippen LogP contribution in [0.15, 0.2) is 0 Å². The van der Waals surface area contributed by atoms with Crippen LogP contribution in [0.3, 0.4) is 0 Å². The van der Waals surface area contributed by atoms with Gasteiger partial charge in [0.2, 0.25) is 0 Å². The second-order valence-corrected chi connectivity index (χ2v) is 7.03. The van der Waals surface area contributed by atoms with Gasteiger partial charge in [-0.25, -0.2) is 0 Å². The molecule has 0 aromatic carbocycles. The van der Waals surface area contributed by atoms with Crippen LogP contribution in [0, 0.1) is 5.92 Å². The highest BCUT2D eigenvalue weighted by Gasteiger charge is 2.39. The molecule has 0 amide bonds. The maximum Gasteiger partial charge on any atom is 0.282 e. The van der Waals surface area contributed by atoms with Crippen LogP contribution in [0.2, 0.25) is 0 Å². The molecule has 2 unspecified atom stereocenters. The Bertz CT molecular complexity index is 357. The largest absolute Gasteiger partial charge is 0.329 e. The minimum absolute atomic E-state index is 0. The first-order valence-electron chi connectivity index (χ1n) is 6.54. The summed E-state index contributed by atoms with van der Waals surface area (Å²) in [7, 11) is -3.27. The molecule has 2 aliphatic heterocycles. The summed E-state index contributed by atoms with van der Waals surface area (Å²) in [5.41, 5.74) is 5.75. The summed E-state index contributed by atoms with van der Waals surface area (Å²) in [6.45, 7) is 4.50. The molecule has 0 radical (unpaired) electrons. The molecule has 0 aromatic heterocycles. The Hall–Kier alpha value is 0.120. The van der Waals surface area contributed by atoms with Gasteiger partial charge in [-0.15, -0.1) is 12.4 Å². The predicted molar refractivity (Wildman–Crippen MR) is 74.9 cm³/mol. The lowest BCUT2D eigenvalue weighted by Crippen LogP contribution is -2.55. The highest BCUT2D eigenvalue weighted by Crippen LogP contribution is 2.28. The summed E-state index contributed by atoms with van der Waals surface area (Å²) in [5.74, 6) is 0.367. The van der Waals surface area contributed by atoms with Crippen molar-refractivity contribution in [2.24, 2.45) is 11.7 Å². The van der Waals surface area contributed by atoms with Gasteiger partial charge in [-0.05, 0) is 31.6 Å². The number of halogens is 1. The molecule has 2 heterocycles. The summed E-state index contributed by atoms with van der Waals surface area (Å²) in [4.78, 5) is 0. The fourth-order valence-electron chi connectivity index (χ4n) is 2.91. The van der Waals surface area contributed by atoms with Crippen LogP contribution in [0.1, 0.15) is 32.6 Å². The smallest absolute Gasteiger partial charge is 0.282 e. The summed E-state index contributed by atoms with van der Waals surface area (Å²) in [6.07, 6.45) is 3.99. The van der Waals surface area contributed by atoms with Crippen molar-refractivity contribution in [3.05, 3.63) is 0 Å². The zero-order chi connectivity index (χ0) is 12.5. The van der Waals surface area contributed by atoms with E-state index in [0.29, 0.717) is 32.1 Å². The number of nitrogens with two attached hydrogens (primary N) is 1. The highest BCUT2D eigenvalue weighted by molar-refractivity contribution is 7.86. The van der Waals surface area contributed by atoms with Gasteiger partial charge in [0.25, 0.3) is 10.2 Å². The van der Waals surface area contributed by atoms with E-state index in [1.807, 2.05) is 0 Å². The van der Waals surface area contributed by atoms with E-state index in [4.69, 9.17) is 5.73 Å². The third kappa shape index (κ3) is 2.99. The van der Waals surface area contributed by atoms with E-state index in [0.717, 1.165) is 25.7 Å². The molecule has 18 heavy (non-hydrogen) atoms. The lowest BCUT2D eigenvalue weighted by molar-refractivity contribution is 0.182. The number of piperidine rings is 1. The first kappa shape index (κ1) is 16.2. The average molecular weight is 298 g/mol. The Morgan fingerprint density at radius 2 is 1.78 bits per heavy atom. The van der Waals surface area contributed by atoms with Crippen LogP contribution in [0.25, 0.3) is 0 Å². The third-order valence-corrected chi connectivity index (χ3v) is 6.06. The molecule has 2 aliphatic rings. The first-order chi connectivity index (χ1) is 8.07. The van der Waals surface area contributed by atoms with Crippen molar-refractivity contribution in [1.82, 2.24) is 8.61 Å². The van der Waals surface area contributed by atoms with Gasteiger partial charge in [0, 0.05) is 32.2 Å². The van der Waals surface area contributed by atoms with Crippen LogP contribution >= 0.6 is 12.4 Å². The third-order valence-electron chi connectivity index (χ3n) is 3.99. The first-order valence-corrected chi connectivity index (χ1v) is 7.94. The highest BCUT2D eigenvalue weighted by atomic mass is 35.5. The summed E-state index contributed by atoms with van der Waals surface area (Å²) in [6, 6.07) is -0.0191. The Morgan fingerprint density at radius 3 is 2.33 bits per heavy atom. The molecule has 2 atom stereocenters. The number of hydrogen-bond acceptors (Lipinski definition) is 3. The van der Waals surface area contributed by atoms with Gasteiger partial charge in [0.15, 0.2) is 0 Å². The van der Waals surface area contributed by atoms with Gasteiger partial charge in [-0.3, -0.25) is 0 Å². The van der Waals surface area contributed by atoms with Crippen molar-refractivity contribution in [2.75, 3.05) is 26.2 Å². The molecular weight excluding hydrogens is 274 g/mol. The Morgan fingerprint density at radius 1 is 1.17 bits per heavy atom. The van der Waals surface area contributed by atoms with Gasteiger partial charge in [0.05, 0.1) is 0 Å². The quantitative estimate of drug-likeness (QED) is 0.838. The molecule has 2 rings (SSSR count). The van der Waals surface area contributed by atoms with Crippen LogP contribution in [0.5, 0.6) is 0 Å². The van der Waals surface area contributed by atoms with Gasteiger partial charge in [0.1, 0.15) is 0 Å². The Balaban J connectivity index is 0.00000162. The second-order valence-electron chi connectivity index (χ2n) is 5.15. The summed E-state index contributed by atoms with van der Waals surface area (Å²) in [5, 5.41) is 0. The fraction of sp³-hybridized carbons (Fsp3) is 1.00. The van der Waals surface area contributed by atoms with Crippen molar-refractivity contribution >= 4 is 22.6 Å². The van der Waals surface area contributed by atoms with E-state index in [2.05, 4.69) is 6.92 Å². The lowest BCUT2D eigenvalue weighted by Gasteiger charge is -2.40. The fourth-order valence-corrected chi connectivity index (χ4v) is 4.93. The molecule has 0 saturated carbocycles. The standard InChI is InChI=1S/C11H23N3O2S.ClH/c1-10-5-4-8-14(11(10)9-12)17(15,16)13-6-2-3-7-13;/h10-11H,2-9,12H2,1H3;1H. The molecule has 2 fully saturated rings. The van der Waals surface area contributed by atoms with Crippen molar-refractivity contribution in [3.8, 4) is 0 Å². The van der Waals surface area contributed by atoms with E-state index < -0.39 is 10.2 Å². The molecule has 108 valence electrons. The monoisotopic (exact) mass is 297 g/mol. The summed E-state index contributed by atoms with van der Waals surface area (Å²) >= 11 is 0. The number of nitrogens with zero attached hydrogens (tertiary/aromatic N) is 2. The predicted octanol–water partition coefficient (Wildman–Crippen LogP) is 0.808. The van der Waals surface area contributed by atoms with E-state index in [-0.39, 0.29) is 18.4 Å². The van der Waals surface area contributed by atoms with E-state index >= 15 is 0 Å². The SMILES string of the molecule is CC1CCCN(S(=O)(=O)N2CCCC2)C1CN.Cl. The topological polar surface area (TPSA) is 66.6 Å². The van der Waals surface area contributed by atoms with Gasteiger partial charge in [-0.2, -0.15) is 17.0 Å². The molecule has 2 saturated heterocycles. The van der Waals surface area contributed by atoms with Crippen molar-refractivity contribution in [1.29, 1.82) is 0 Å². The van der Waals surface area contributed by atoms with Crippen molar-refractivity contribution < 1.29 is 8.42 Å². The zero-order valence-electron chi connectivity index (χ0n) is 10.9. The van der Waals surface area contributed by atoms with Crippen LogP contribution in [-0.2, 0) is 10.2 Å². The molecule has 0 spiro atoms. The normalized spacial score (nSPS) is 31.2. The van der Waals surface area contributed by atoms with Crippen LogP contribution in [0.4, 0.5) is 0 Å². The molecule has 5 nitrogen and oxygen atoms in total. The Labute approximate surface area is 116 Å². The van der Waals surface area contributed by atoms with Gasteiger partial charge < -0.3 is 5.73 Å². The molecular formula is C11H24ClN3O2S. The van der Waals surface area contributed by atoms with E-state index in [9.17, 15) is 8.42 Å². The molecule has 0 aromatic rings. The van der Waals surface area contributed by atoms with E-state index in [1.165, 1.54) is 0 Å². The van der Waals surface area contributed by atoms with Gasteiger partial charge in [-0.1, -0.05) is 6.92 Å². The van der Waals surface area contributed by atoms with E-state index in [1.54, 1.807) is 8.61 Å². The molecule has 2 N–H and O–H groups in total. The van der Waals surface area contributed by atoms with Gasteiger partial charge >= 0.3 is 0 Å². The molecule has 0 bridgehead atoms. The molecule has 7 heteroatoms. The van der Waals surface area contributed by atoms with Crippen LogP contribution < -0.4 is 5.73 Å². The zero-order valence-corrected chi connectivity index (χ0v) is 12.5. The maximum atomic E-state index is 12.5. The number of hydrogen-bond donors (Lipinski definition) is 1. The van der Waals surface area contributed by atoms with Crippen molar-refractivity contribution in [2.45, 2.75) is 38.6 Å². The minimum Gasteiger partial charge on any atom is -0.329 e. The van der Waals surface area contributed by atoms with Crippen LogP contribution in [-0.4, -0.2) is 49.2 Å². The lowest BCUT2D eigenvalue weighted by atomic mass is 9.93. The average Bonchev–Trinajstić information content (AvgIpc) is 2.82. The van der Waals surface area contributed by atoms with Crippen molar-refractivity contribution in [3.63, 3.8) is 0 Å². The minimum atomic E-state index is -3.27. The Kier molecular flexibility index (Phi) is 5.86. The number of rotatable bonds is 3. The molecule has 0 aliphatic carbocycles. The summed E-state index contributed by atoms with van der Waals surface area (Å²) < 4.78 is 28.3. The maximum absolute atomic E-state index is 12.5.